The van der Waals surface area contributed by atoms with Crippen LogP contribution in [0.3, 0.4) is 0 Å². The maximum Gasteiger partial charge on any atom is 0.339 e. The molecule has 0 saturated heterocycles. The van der Waals surface area contributed by atoms with Crippen molar-refractivity contribution in [3.05, 3.63) is 58.4 Å². The Morgan fingerprint density at radius 2 is 2.00 bits per heavy atom. The normalized spacial score (nSPS) is 10.6. The van der Waals surface area contributed by atoms with Gasteiger partial charge in [-0.15, -0.1) is 11.3 Å². The third-order valence-corrected chi connectivity index (χ3v) is 4.94. The fourth-order valence-electron chi connectivity index (χ4n) is 2.78. The second-order valence-corrected chi connectivity index (χ2v) is 6.59. The van der Waals surface area contributed by atoms with Crippen LogP contribution in [-0.4, -0.2) is 29.0 Å². The van der Waals surface area contributed by atoms with Crippen molar-refractivity contribution in [1.82, 2.24) is 9.97 Å². The Balaban J connectivity index is 1.82. The molecule has 0 bridgehead atoms. The van der Waals surface area contributed by atoms with Crippen LogP contribution in [0.1, 0.15) is 39.0 Å². The number of hydrogen-bond donors (Lipinski definition) is 2. The molecule has 3 rings (SSSR count). The lowest BCUT2D eigenvalue weighted by atomic mass is 10.1. The van der Waals surface area contributed by atoms with Crippen molar-refractivity contribution < 1.29 is 14.3 Å². The van der Waals surface area contributed by atoms with Gasteiger partial charge in [0.25, 0.3) is 5.91 Å². The van der Waals surface area contributed by atoms with E-state index in [0.29, 0.717) is 34.6 Å². The van der Waals surface area contributed by atoms with Crippen molar-refractivity contribution in [1.29, 1.82) is 0 Å². The zero-order chi connectivity index (χ0) is 18.7. The maximum absolute atomic E-state index is 12.6. The number of thiazole rings is 1. The summed E-state index contributed by atoms with van der Waals surface area (Å²) < 4.78 is 4.82. The highest BCUT2D eigenvalue weighted by Crippen LogP contribution is 2.24. The summed E-state index contributed by atoms with van der Waals surface area (Å²) >= 11 is 1.56. The number of aromatic amines is 1. The summed E-state index contributed by atoms with van der Waals surface area (Å²) in [5.74, 6) is -0.739. The summed E-state index contributed by atoms with van der Waals surface area (Å²) in [6, 6.07) is 7.48. The Hall–Kier alpha value is -2.93. The number of aryl methyl sites for hydroxylation is 1. The third kappa shape index (κ3) is 3.39. The summed E-state index contributed by atoms with van der Waals surface area (Å²) in [6.45, 7) is 3.65. The number of anilines is 1. The van der Waals surface area contributed by atoms with Crippen molar-refractivity contribution in [2.45, 2.75) is 20.3 Å². The van der Waals surface area contributed by atoms with Crippen LogP contribution in [0, 0.1) is 6.92 Å². The number of ether oxygens (including phenoxy) is 1. The molecule has 0 atom stereocenters. The standard InChI is InChI=1S/C19H19N3O3S/c1-4-14-15(19(24)25-3)11(2)16(22-14)17(23)21-13-7-5-12(6-8-13)18-20-9-10-26-18/h5-10,22H,4H2,1-3H3,(H,21,23). The number of carbonyl (C=O) groups excluding carboxylic acids is 2. The van der Waals surface area contributed by atoms with Crippen LogP contribution < -0.4 is 5.32 Å². The number of aromatic nitrogens is 2. The number of hydrogen-bond acceptors (Lipinski definition) is 5. The summed E-state index contributed by atoms with van der Waals surface area (Å²) in [6.07, 6.45) is 2.36. The molecule has 2 heterocycles. The van der Waals surface area contributed by atoms with E-state index in [0.717, 1.165) is 10.6 Å². The van der Waals surface area contributed by atoms with Gasteiger partial charge in [0.2, 0.25) is 0 Å². The van der Waals surface area contributed by atoms with Gasteiger partial charge in [-0.05, 0) is 43.2 Å². The molecular formula is C19H19N3O3S. The molecule has 0 aliphatic heterocycles. The van der Waals surface area contributed by atoms with Gasteiger partial charge in [0.05, 0.1) is 12.7 Å². The predicted octanol–water partition coefficient (Wildman–Crippen LogP) is 4.05. The summed E-state index contributed by atoms with van der Waals surface area (Å²) in [5, 5.41) is 5.70. The Labute approximate surface area is 155 Å². The number of carbonyl (C=O) groups is 2. The predicted molar refractivity (Wildman–Crippen MR) is 102 cm³/mol. The van der Waals surface area contributed by atoms with Crippen LogP contribution in [0.25, 0.3) is 10.6 Å². The molecule has 0 radical (unpaired) electrons. The molecule has 0 unspecified atom stereocenters. The number of amides is 1. The smallest absolute Gasteiger partial charge is 0.339 e. The van der Waals surface area contributed by atoms with Gasteiger partial charge in [-0.2, -0.15) is 0 Å². The molecule has 134 valence electrons. The summed E-state index contributed by atoms with van der Waals surface area (Å²) in [5.41, 5.74) is 3.74. The van der Waals surface area contributed by atoms with Gasteiger partial charge in [0.1, 0.15) is 10.7 Å². The number of benzene rings is 1. The molecule has 3 aromatic rings. The van der Waals surface area contributed by atoms with Crippen LogP contribution in [0.15, 0.2) is 35.8 Å². The molecule has 1 amide bonds. The first-order valence-corrected chi connectivity index (χ1v) is 9.04. The number of nitrogens with one attached hydrogen (secondary N) is 2. The van der Waals surface area contributed by atoms with Gasteiger partial charge in [-0.3, -0.25) is 4.79 Å². The fraction of sp³-hybridized carbons (Fsp3) is 0.211. The Bertz CT molecular complexity index is 928. The molecule has 0 spiro atoms. The molecule has 0 saturated carbocycles. The largest absolute Gasteiger partial charge is 0.465 e. The molecule has 1 aromatic carbocycles. The van der Waals surface area contributed by atoms with E-state index in [1.807, 2.05) is 36.6 Å². The van der Waals surface area contributed by atoms with Crippen molar-refractivity contribution in [2.75, 3.05) is 12.4 Å². The van der Waals surface area contributed by atoms with E-state index in [1.165, 1.54) is 7.11 Å². The van der Waals surface area contributed by atoms with Crippen molar-refractivity contribution in [3.63, 3.8) is 0 Å². The van der Waals surface area contributed by atoms with E-state index < -0.39 is 5.97 Å². The molecule has 0 aliphatic rings. The van der Waals surface area contributed by atoms with Crippen LogP contribution >= 0.6 is 11.3 Å². The number of H-pyrrole nitrogens is 1. The van der Waals surface area contributed by atoms with E-state index >= 15 is 0 Å². The lowest BCUT2D eigenvalue weighted by Crippen LogP contribution is -2.14. The van der Waals surface area contributed by atoms with E-state index in [2.05, 4.69) is 15.3 Å². The fourth-order valence-corrected chi connectivity index (χ4v) is 3.43. The average Bonchev–Trinajstić information content (AvgIpc) is 3.29. The maximum atomic E-state index is 12.6. The number of esters is 1. The molecule has 0 fully saturated rings. The van der Waals surface area contributed by atoms with E-state index in [1.54, 1.807) is 24.5 Å². The van der Waals surface area contributed by atoms with Crippen LogP contribution in [-0.2, 0) is 11.2 Å². The van der Waals surface area contributed by atoms with Gasteiger partial charge < -0.3 is 15.0 Å². The van der Waals surface area contributed by atoms with Gasteiger partial charge in [0, 0.05) is 28.5 Å². The topological polar surface area (TPSA) is 84.1 Å². The Morgan fingerprint density at radius 3 is 2.58 bits per heavy atom. The monoisotopic (exact) mass is 369 g/mol. The zero-order valence-electron chi connectivity index (χ0n) is 14.8. The molecule has 7 heteroatoms. The van der Waals surface area contributed by atoms with Crippen molar-refractivity contribution >= 4 is 28.9 Å². The molecule has 2 aromatic heterocycles. The number of nitrogens with zero attached hydrogens (tertiary/aromatic N) is 1. The van der Waals surface area contributed by atoms with Gasteiger partial charge in [-0.25, -0.2) is 9.78 Å². The lowest BCUT2D eigenvalue weighted by molar-refractivity contribution is 0.0599. The Kier molecular flexibility index (Phi) is 5.18. The van der Waals surface area contributed by atoms with Gasteiger partial charge in [0.15, 0.2) is 0 Å². The summed E-state index contributed by atoms with van der Waals surface area (Å²) in [4.78, 5) is 31.9. The summed E-state index contributed by atoms with van der Waals surface area (Å²) in [7, 11) is 1.33. The quantitative estimate of drug-likeness (QED) is 0.665. The van der Waals surface area contributed by atoms with E-state index in [4.69, 9.17) is 4.74 Å². The minimum atomic E-state index is -0.442. The first-order valence-electron chi connectivity index (χ1n) is 8.16. The van der Waals surface area contributed by atoms with Gasteiger partial charge in [-0.1, -0.05) is 6.92 Å². The van der Waals surface area contributed by atoms with Gasteiger partial charge >= 0.3 is 5.97 Å². The zero-order valence-corrected chi connectivity index (χ0v) is 15.6. The first-order chi connectivity index (χ1) is 12.5. The SMILES string of the molecule is CCc1[nH]c(C(=O)Nc2ccc(-c3nccs3)cc2)c(C)c1C(=O)OC. The minimum Gasteiger partial charge on any atom is -0.465 e. The molecule has 2 N–H and O–H groups in total. The average molecular weight is 369 g/mol. The second kappa shape index (κ2) is 7.53. The molecule has 0 aliphatic carbocycles. The minimum absolute atomic E-state index is 0.297. The van der Waals surface area contributed by atoms with Crippen LogP contribution in [0.2, 0.25) is 0 Å². The lowest BCUT2D eigenvalue weighted by Gasteiger charge is -2.06. The highest BCUT2D eigenvalue weighted by atomic mass is 32.1. The highest BCUT2D eigenvalue weighted by Gasteiger charge is 2.23. The van der Waals surface area contributed by atoms with Crippen LogP contribution in [0.5, 0.6) is 0 Å². The third-order valence-electron chi connectivity index (χ3n) is 4.12. The number of rotatable bonds is 5. The highest BCUT2D eigenvalue weighted by molar-refractivity contribution is 7.13. The second-order valence-electron chi connectivity index (χ2n) is 5.69. The number of methoxy groups -OCH3 is 1. The van der Waals surface area contributed by atoms with Crippen LogP contribution in [0.4, 0.5) is 5.69 Å². The van der Waals surface area contributed by atoms with Crippen molar-refractivity contribution in [2.24, 2.45) is 0 Å². The van der Waals surface area contributed by atoms with E-state index in [9.17, 15) is 9.59 Å². The molecule has 26 heavy (non-hydrogen) atoms. The van der Waals surface area contributed by atoms with Crippen molar-refractivity contribution in [3.8, 4) is 10.6 Å². The Morgan fingerprint density at radius 1 is 1.27 bits per heavy atom. The molecule has 6 nitrogen and oxygen atoms in total. The van der Waals surface area contributed by atoms with E-state index in [-0.39, 0.29) is 5.91 Å². The molecular weight excluding hydrogens is 350 g/mol. The first kappa shape index (κ1) is 17.9.